The molecule has 0 saturated heterocycles. The van der Waals surface area contributed by atoms with Gasteiger partial charge in [-0.05, 0) is 0 Å². The SMILES string of the molecule is O=c1[nH]cnc2c1cnn2COCCO. The Morgan fingerprint density at radius 1 is 1.60 bits per heavy atom. The van der Waals surface area contributed by atoms with E-state index in [1.54, 1.807) is 0 Å². The number of nitrogens with zero attached hydrogens (tertiary/aromatic N) is 3. The molecule has 2 rings (SSSR count). The minimum absolute atomic E-state index is 0.0484. The number of rotatable bonds is 4. The zero-order chi connectivity index (χ0) is 10.7. The predicted molar refractivity (Wildman–Crippen MR) is 51.2 cm³/mol. The lowest BCUT2D eigenvalue weighted by atomic mass is 10.4. The van der Waals surface area contributed by atoms with E-state index in [0.717, 1.165) is 0 Å². The van der Waals surface area contributed by atoms with Gasteiger partial charge in [-0.25, -0.2) is 9.67 Å². The highest BCUT2D eigenvalue weighted by Crippen LogP contribution is 2.03. The number of aliphatic hydroxyl groups is 1. The highest BCUT2D eigenvalue weighted by Gasteiger charge is 2.05. The van der Waals surface area contributed by atoms with E-state index in [-0.39, 0.29) is 25.5 Å². The Bertz CT molecular complexity index is 504. The Kier molecular flexibility index (Phi) is 2.75. The van der Waals surface area contributed by atoms with Crippen LogP contribution in [0.15, 0.2) is 17.3 Å². The molecule has 0 unspecified atom stereocenters. The first-order valence-electron chi connectivity index (χ1n) is 4.40. The molecule has 0 aromatic carbocycles. The van der Waals surface area contributed by atoms with E-state index in [1.807, 2.05) is 0 Å². The summed E-state index contributed by atoms with van der Waals surface area (Å²) >= 11 is 0. The molecule has 0 saturated carbocycles. The highest BCUT2D eigenvalue weighted by atomic mass is 16.5. The molecule has 0 aliphatic carbocycles. The summed E-state index contributed by atoms with van der Waals surface area (Å²) in [5.74, 6) is 0. The highest BCUT2D eigenvalue weighted by molar-refractivity contribution is 5.72. The maximum atomic E-state index is 11.3. The average molecular weight is 210 g/mol. The third-order valence-electron chi connectivity index (χ3n) is 1.89. The summed E-state index contributed by atoms with van der Waals surface area (Å²) in [6.07, 6.45) is 2.75. The van der Waals surface area contributed by atoms with Crippen molar-refractivity contribution in [2.75, 3.05) is 13.2 Å². The molecule has 7 nitrogen and oxygen atoms in total. The van der Waals surface area contributed by atoms with Gasteiger partial charge in [0.1, 0.15) is 12.1 Å². The van der Waals surface area contributed by atoms with Gasteiger partial charge in [0.05, 0.1) is 25.7 Å². The van der Waals surface area contributed by atoms with Gasteiger partial charge >= 0.3 is 0 Å². The smallest absolute Gasteiger partial charge is 0.261 e. The van der Waals surface area contributed by atoms with Crippen LogP contribution in [-0.4, -0.2) is 38.1 Å². The summed E-state index contributed by atoms with van der Waals surface area (Å²) in [4.78, 5) is 17.7. The fraction of sp³-hybridized carbons (Fsp3) is 0.375. The quantitative estimate of drug-likeness (QED) is 0.637. The van der Waals surface area contributed by atoms with Crippen LogP contribution in [0.3, 0.4) is 0 Å². The molecule has 2 N–H and O–H groups in total. The standard InChI is InChI=1S/C8H10N4O3/c13-1-2-15-5-12-7-6(3-11-12)8(14)10-4-9-7/h3-4,13H,1-2,5H2,(H,9,10,14). The number of hydrogen-bond acceptors (Lipinski definition) is 5. The third kappa shape index (κ3) is 1.88. The van der Waals surface area contributed by atoms with Crippen LogP contribution in [0, 0.1) is 0 Å². The second-order valence-corrected chi connectivity index (χ2v) is 2.87. The number of aliphatic hydroxyl groups excluding tert-OH is 1. The van der Waals surface area contributed by atoms with E-state index in [2.05, 4.69) is 15.1 Å². The Hall–Kier alpha value is -1.73. The molecule has 0 atom stereocenters. The average Bonchev–Trinajstić information content (AvgIpc) is 2.64. The Morgan fingerprint density at radius 3 is 3.27 bits per heavy atom. The zero-order valence-electron chi connectivity index (χ0n) is 7.88. The molecular formula is C8H10N4O3. The number of aromatic nitrogens is 4. The Labute approximate surface area is 84.3 Å². The molecule has 0 fully saturated rings. The largest absolute Gasteiger partial charge is 0.394 e. The molecule has 0 spiro atoms. The van der Waals surface area contributed by atoms with Crippen molar-refractivity contribution < 1.29 is 9.84 Å². The number of nitrogens with one attached hydrogen (secondary N) is 1. The van der Waals surface area contributed by atoms with Crippen molar-refractivity contribution in [3.05, 3.63) is 22.9 Å². The molecule has 0 bridgehead atoms. The lowest BCUT2D eigenvalue weighted by Crippen LogP contribution is -2.10. The van der Waals surface area contributed by atoms with E-state index < -0.39 is 0 Å². The van der Waals surface area contributed by atoms with Gasteiger partial charge < -0.3 is 14.8 Å². The predicted octanol–water partition coefficient (Wildman–Crippen LogP) is -0.914. The molecule has 0 aliphatic heterocycles. The molecular weight excluding hydrogens is 200 g/mol. The lowest BCUT2D eigenvalue weighted by Gasteiger charge is -2.02. The van der Waals surface area contributed by atoms with Crippen LogP contribution in [-0.2, 0) is 11.5 Å². The first-order valence-corrected chi connectivity index (χ1v) is 4.40. The van der Waals surface area contributed by atoms with Crippen molar-refractivity contribution in [3.8, 4) is 0 Å². The number of fused-ring (bicyclic) bond motifs is 1. The number of hydrogen-bond donors (Lipinski definition) is 2. The van der Waals surface area contributed by atoms with Crippen LogP contribution < -0.4 is 5.56 Å². The van der Waals surface area contributed by atoms with E-state index >= 15 is 0 Å². The van der Waals surface area contributed by atoms with Crippen molar-refractivity contribution in [1.29, 1.82) is 0 Å². The fourth-order valence-electron chi connectivity index (χ4n) is 1.22. The maximum absolute atomic E-state index is 11.3. The lowest BCUT2D eigenvalue weighted by molar-refractivity contribution is 0.0439. The molecule has 0 aliphatic rings. The second-order valence-electron chi connectivity index (χ2n) is 2.87. The number of aromatic amines is 1. The van der Waals surface area contributed by atoms with Crippen molar-refractivity contribution in [2.24, 2.45) is 0 Å². The van der Waals surface area contributed by atoms with E-state index in [0.29, 0.717) is 11.0 Å². The number of H-pyrrole nitrogens is 1. The molecule has 0 radical (unpaired) electrons. The molecule has 0 amide bonds. The maximum Gasteiger partial charge on any atom is 0.261 e. The van der Waals surface area contributed by atoms with Gasteiger partial charge in [-0.2, -0.15) is 5.10 Å². The van der Waals surface area contributed by atoms with Crippen molar-refractivity contribution >= 4 is 11.0 Å². The number of ether oxygens (including phenoxy) is 1. The van der Waals surface area contributed by atoms with Gasteiger partial charge in [-0.1, -0.05) is 0 Å². The van der Waals surface area contributed by atoms with Crippen LogP contribution >= 0.6 is 0 Å². The van der Waals surface area contributed by atoms with Gasteiger partial charge in [0.15, 0.2) is 5.65 Å². The monoisotopic (exact) mass is 210 g/mol. The Balaban J connectivity index is 2.29. The topological polar surface area (TPSA) is 93.0 Å². The summed E-state index contributed by atoms with van der Waals surface area (Å²) in [7, 11) is 0. The van der Waals surface area contributed by atoms with Crippen LogP contribution in [0.4, 0.5) is 0 Å². The zero-order valence-corrected chi connectivity index (χ0v) is 7.88. The van der Waals surface area contributed by atoms with Crippen LogP contribution in [0.2, 0.25) is 0 Å². The summed E-state index contributed by atoms with van der Waals surface area (Å²) in [5, 5.41) is 12.9. The molecule has 15 heavy (non-hydrogen) atoms. The van der Waals surface area contributed by atoms with Crippen LogP contribution in [0.25, 0.3) is 11.0 Å². The fourth-order valence-corrected chi connectivity index (χ4v) is 1.22. The summed E-state index contributed by atoms with van der Waals surface area (Å²) in [5.41, 5.74) is 0.241. The van der Waals surface area contributed by atoms with E-state index in [9.17, 15) is 4.79 Å². The minimum Gasteiger partial charge on any atom is -0.394 e. The van der Waals surface area contributed by atoms with Crippen molar-refractivity contribution in [1.82, 2.24) is 19.7 Å². The van der Waals surface area contributed by atoms with Gasteiger partial charge in [-0.3, -0.25) is 4.79 Å². The summed E-state index contributed by atoms with van der Waals surface area (Å²) < 4.78 is 6.53. The minimum atomic E-state index is -0.228. The Morgan fingerprint density at radius 2 is 2.47 bits per heavy atom. The molecule has 2 heterocycles. The van der Waals surface area contributed by atoms with Gasteiger partial charge in [0.2, 0.25) is 0 Å². The van der Waals surface area contributed by atoms with E-state index in [1.165, 1.54) is 17.2 Å². The third-order valence-corrected chi connectivity index (χ3v) is 1.89. The van der Waals surface area contributed by atoms with Crippen LogP contribution in [0.1, 0.15) is 0 Å². The molecule has 2 aromatic rings. The first kappa shape index (κ1) is 9.81. The molecule has 80 valence electrons. The van der Waals surface area contributed by atoms with E-state index in [4.69, 9.17) is 9.84 Å². The molecule has 2 aromatic heterocycles. The van der Waals surface area contributed by atoms with Gasteiger partial charge in [-0.15, -0.1) is 0 Å². The normalized spacial score (nSPS) is 11.0. The summed E-state index contributed by atoms with van der Waals surface area (Å²) in [6, 6.07) is 0. The summed E-state index contributed by atoms with van der Waals surface area (Å²) in [6.45, 7) is 0.346. The van der Waals surface area contributed by atoms with Gasteiger partial charge in [0, 0.05) is 0 Å². The first-order chi connectivity index (χ1) is 7.33. The van der Waals surface area contributed by atoms with Crippen molar-refractivity contribution in [2.45, 2.75) is 6.73 Å². The van der Waals surface area contributed by atoms with Gasteiger partial charge in [0.25, 0.3) is 5.56 Å². The molecule has 7 heteroatoms. The second kappa shape index (κ2) is 4.20. The van der Waals surface area contributed by atoms with Crippen LogP contribution in [0.5, 0.6) is 0 Å². The van der Waals surface area contributed by atoms with Crippen molar-refractivity contribution in [3.63, 3.8) is 0 Å².